The molecule has 0 unspecified atom stereocenters. The molecule has 1 heteroatoms. The highest BCUT2D eigenvalue weighted by Gasteiger charge is 2.45. The summed E-state index contributed by atoms with van der Waals surface area (Å²) in [6.07, 6.45) is 0. The molecule has 1 aliphatic carbocycles. The van der Waals surface area contributed by atoms with E-state index in [1.807, 2.05) is 11.8 Å². The molecule has 9 rings (SSSR count). The molecular weight excluding hydrogens is 525 g/mol. The molecule has 0 aromatic heterocycles. The minimum atomic E-state index is -0.362. The Morgan fingerprint density at radius 3 is 1.74 bits per heavy atom. The molecule has 0 fully saturated rings. The summed E-state index contributed by atoms with van der Waals surface area (Å²) in [6.45, 7) is 0. The Labute approximate surface area is 250 Å². The van der Waals surface area contributed by atoms with Crippen molar-refractivity contribution in [2.75, 3.05) is 0 Å². The molecular formula is C41H26S. The third kappa shape index (κ3) is 3.26. The van der Waals surface area contributed by atoms with Crippen LogP contribution in [-0.2, 0) is 5.41 Å². The number of hydrogen-bond acceptors (Lipinski definition) is 1. The Bertz CT molecular complexity index is 2110. The molecule has 42 heavy (non-hydrogen) atoms. The Morgan fingerprint density at radius 1 is 0.381 bits per heavy atom. The lowest BCUT2D eigenvalue weighted by Gasteiger charge is -2.33. The van der Waals surface area contributed by atoms with Crippen LogP contribution in [0.3, 0.4) is 0 Å². The van der Waals surface area contributed by atoms with E-state index in [-0.39, 0.29) is 5.41 Å². The fourth-order valence-electron chi connectivity index (χ4n) is 7.37. The molecule has 1 heterocycles. The van der Waals surface area contributed by atoms with Gasteiger partial charge in [-0.05, 0) is 85.3 Å². The monoisotopic (exact) mass is 550 g/mol. The molecule has 7 aromatic carbocycles. The second-order valence-corrected chi connectivity index (χ2v) is 12.3. The van der Waals surface area contributed by atoms with Crippen LogP contribution in [0.15, 0.2) is 168 Å². The first-order valence-electron chi connectivity index (χ1n) is 14.5. The first-order chi connectivity index (χ1) is 20.8. The molecule has 0 atom stereocenters. The summed E-state index contributed by atoms with van der Waals surface area (Å²) in [6, 6.07) is 58.5. The highest BCUT2D eigenvalue weighted by atomic mass is 32.2. The first-order valence-corrected chi connectivity index (χ1v) is 15.3. The molecule has 0 amide bonds. The molecule has 7 aromatic rings. The minimum absolute atomic E-state index is 0.362. The zero-order chi connectivity index (χ0) is 27.7. The summed E-state index contributed by atoms with van der Waals surface area (Å²) in [5.41, 5.74) is 12.7. The largest absolute Gasteiger partial charge is 0.0888 e. The third-order valence-corrected chi connectivity index (χ3v) is 10.3. The fourth-order valence-corrected chi connectivity index (χ4v) is 8.50. The molecule has 0 spiro atoms. The minimum Gasteiger partial charge on any atom is -0.0888 e. The maximum atomic E-state index is 2.42. The van der Waals surface area contributed by atoms with Gasteiger partial charge in [-0.25, -0.2) is 0 Å². The lowest BCUT2D eigenvalue weighted by molar-refractivity contribution is 0.768. The maximum Gasteiger partial charge on any atom is 0.0713 e. The molecule has 1 aliphatic heterocycles. The van der Waals surface area contributed by atoms with E-state index in [1.54, 1.807) is 0 Å². The molecule has 0 saturated heterocycles. The molecule has 0 radical (unpaired) electrons. The van der Waals surface area contributed by atoms with E-state index in [1.165, 1.54) is 76.2 Å². The molecule has 0 N–H and O–H groups in total. The van der Waals surface area contributed by atoms with Crippen molar-refractivity contribution >= 4 is 22.5 Å². The zero-order valence-electron chi connectivity index (χ0n) is 22.9. The predicted octanol–water partition coefficient (Wildman–Crippen LogP) is 11.0. The topological polar surface area (TPSA) is 0 Å². The van der Waals surface area contributed by atoms with Gasteiger partial charge in [-0.2, -0.15) is 0 Å². The Morgan fingerprint density at radius 2 is 0.976 bits per heavy atom. The van der Waals surface area contributed by atoms with Crippen molar-refractivity contribution in [3.8, 4) is 33.4 Å². The summed E-state index contributed by atoms with van der Waals surface area (Å²) in [5, 5.41) is 2.67. The van der Waals surface area contributed by atoms with Gasteiger partial charge in [0.1, 0.15) is 0 Å². The van der Waals surface area contributed by atoms with Crippen molar-refractivity contribution in [2.24, 2.45) is 0 Å². The van der Waals surface area contributed by atoms with Crippen LogP contribution >= 0.6 is 11.8 Å². The van der Waals surface area contributed by atoms with Crippen molar-refractivity contribution < 1.29 is 0 Å². The molecule has 0 nitrogen and oxygen atoms in total. The molecule has 0 saturated carbocycles. The van der Waals surface area contributed by atoms with Gasteiger partial charge in [-0.3, -0.25) is 0 Å². The van der Waals surface area contributed by atoms with Gasteiger partial charge in [0.05, 0.1) is 5.41 Å². The van der Waals surface area contributed by atoms with E-state index in [0.717, 1.165) is 0 Å². The highest BCUT2D eigenvalue weighted by molar-refractivity contribution is 7.99. The highest BCUT2D eigenvalue weighted by Crippen LogP contribution is 2.57. The quantitative estimate of drug-likeness (QED) is 0.211. The molecule has 2 aliphatic rings. The standard InChI is InChI=1S/C41H26S/c1-3-13-30(14-4-1)41(31-15-5-2-6-16-31)36-19-8-7-17-32(36)34-25-28(21-23-37(34)41)29-22-24-38-35(26-29)33-18-9-11-27-12-10-20-39(42-38)40(27)33/h1-26H. The van der Waals surface area contributed by atoms with Crippen molar-refractivity contribution in [1.29, 1.82) is 0 Å². The normalized spacial score (nSPS) is 13.8. The van der Waals surface area contributed by atoms with Gasteiger partial charge < -0.3 is 0 Å². The third-order valence-electron chi connectivity index (χ3n) is 9.15. The Hall–Kier alpha value is -4.85. The Balaban J connectivity index is 1.27. The van der Waals surface area contributed by atoms with Gasteiger partial charge in [0.15, 0.2) is 0 Å². The first kappa shape index (κ1) is 23.8. The van der Waals surface area contributed by atoms with Crippen LogP contribution in [-0.4, -0.2) is 0 Å². The summed E-state index contributed by atoms with van der Waals surface area (Å²) >= 11 is 1.88. The van der Waals surface area contributed by atoms with Crippen LogP contribution < -0.4 is 0 Å². The second-order valence-electron chi connectivity index (χ2n) is 11.3. The summed E-state index contributed by atoms with van der Waals surface area (Å²) in [4.78, 5) is 2.67. The van der Waals surface area contributed by atoms with Crippen molar-refractivity contribution in [2.45, 2.75) is 15.2 Å². The van der Waals surface area contributed by atoms with Gasteiger partial charge >= 0.3 is 0 Å². The van der Waals surface area contributed by atoms with Crippen LogP contribution in [0.1, 0.15) is 22.3 Å². The van der Waals surface area contributed by atoms with E-state index >= 15 is 0 Å². The van der Waals surface area contributed by atoms with Crippen LogP contribution in [0, 0.1) is 0 Å². The van der Waals surface area contributed by atoms with E-state index in [2.05, 4.69) is 158 Å². The van der Waals surface area contributed by atoms with Crippen molar-refractivity contribution in [1.82, 2.24) is 0 Å². The lowest BCUT2D eigenvalue weighted by Crippen LogP contribution is -2.28. The number of fused-ring (bicyclic) bond motifs is 5. The molecule has 196 valence electrons. The van der Waals surface area contributed by atoms with E-state index in [9.17, 15) is 0 Å². The van der Waals surface area contributed by atoms with Crippen LogP contribution in [0.2, 0.25) is 0 Å². The van der Waals surface area contributed by atoms with Gasteiger partial charge in [-0.15, -0.1) is 0 Å². The van der Waals surface area contributed by atoms with Crippen LogP contribution in [0.4, 0.5) is 0 Å². The fraction of sp³-hybridized carbons (Fsp3) is 0.0244. The van der Waals surface area contributed by atoms with Gasteiger partial charge in [-0.1, -0.05) is 145 Å². The number of rotatable bonds is 3. The smallest absolute Gasteiger partial charge is 0.0713 e. The summed E-state index contributed by atoms with van der Waals surface area (Å²) in [5.74, 6) is 0. The van der Waals surface area contributed by atoms with E-state index < -0.39 is 0 Å². The van der Waals surface area contributed by atoms with E-state index in [0.29, 0.717) is 0 Å². The average molecular weight is 551 g/mol. The average Bonchev–Trinajstić information content (AvgIpc) is 3.36. The van der Waals surface area contributed by atoms with Crippen molar-refractivity contribution in [3.63, 3.8) is 0 Å². The lowest BCUT2D eigenvalue weighted by atomic mass is 9.67. The number of benzene rings is 7. The maximum absolute atomic E-state index is 2.42. The van der Waals surface area contributed by atoms with Crippen LogP contribution in [0.25, 0.3) is 44.2 Å². The zero-order valence-corrected chi connectivity index (χ0v) is 23.7. The SMILES string of the molecule is c1ccc(C2(c3ccccc3)c3ccccc3-c3cc(-c4ccc5c(c4)-c4cccc6cccc(c46)S5)ccc32)cc1. The van der Waals surface area contributed by atoms with Gasteiger partial charge in [0.2, 0.25) is 0 Å². The summed E-state index contributed by atoms with van der Waals surface area (Å²) < 4.78 is 0. The predicted molar refractivity (Wildman–Crippen MR) is 176 cm³/mol. The van der Waals surface area contributed by atoms with Gasteiger partial charge in [0, 0.05) is 15.2 Å². The van der Waals surface area contributed by atoms with Gasteiger partial charge in [0.25, 0.3) is 0 Å². The Kier molecular flexibility index (Phi) is 5.15. The van der Waals surface area contributed by atoms with E-state index in [4.69, 9.17) is 0 Å². The van der Waals surface area contributed by atoms with Crippen molar-refractivity contribution in [3.05, 3.63) is 180 Å². The number of hydrogen-bond donors (Lipinski definition) is 0. The van der Waals surface area contributed by atoms with Crippen LogP contribution in [0.5, 0.6) is 0 Å². The molecule has 0 bridgehead atoms. The second kappa shape index (κ2) is 9.08. The summed E-state index contributed by atoms with van der Waals surface area (Å²) in [7, 11) is 0.